The molecule has 0 aromatic heterocycles. The molecule has 0 spiro atoms. The fourth-order valence-electron chi connectivity index (χ4n) is 2.42. The van der Waals surface area contributed by atoms with Gasteiger partial charge in [-0.05, 0) is 31.0 Å². The summed E-state index contributed by atoms with van der Waals surface area (Å²) in [5.74, 6) is -0.0263. The first-order valence-corrected chi connectivity index (χ1v) is 6.97. The zero-order valence-corrected chi connectivity index (χ0v) is 11.5. The van der Waals surface area contributed by atoms with Gasteiger partial charge in [0.05, 0.1) is 16.8 Å². The number of aliphatic hydroxyl groups is 1. The number of carbonyl (C=O) groups excluding carboxylic acids is 1. The first-order chi connectivity index (χ1) is 9.08. The van der Waals surface area contributed by atoms with E-state index in [0.717, 1.165) is 25.7 Å². The third-order valence-electron chi connectivity index (χ3n) is 3.66. The van der Waals surface area contributed by atoms with Crippen LogP contribution < -0.4 is 11.1 Å². The van der Waals surface area contributed by atoms with Gasteiger partial charge in [-0.25, -0.2) is 0 Å². The molecule has 0 saturated heterocycles. The van der Waals surface area contributed by atoms with E-state index in [1.807, 2.05) is 0 Å². The van der Waals surface area contributed by atoms with Gasteiger partial charge in [-0.3, -0.25) is 4.79 Å². The molecule has 1 aliphatic rings. The van der Waals surface area contributed by atoms with E-state index < -0.39 is 0 Å². The van der Waals surface area contributed by atoms with Gasteiger partial charge in [0, 0.05) is 18.0 Å². The Bertz CT molecular complexity index is 465. The molecule has 0 radical (unpaired) electrons. The number of rotatable bonds is 3. The highest BCUT2D eigenvalue weighted by Gasteiger charge is 2.23. The van der Waals surface area contributed by atoms with E-state index in [-0.39, 0.29) is 17.9 Å². The van der Waals surface area contributed by atoms with Gasteiger partial charge in [0.1, 0.15) is 0 Å². The van der Waals surface area contributed by atoms with Crippen LogP contribution in [0.2, 0.25) is 5.02 Å². The van der Waals surface area contributed by atoms with Gasteiger partial charge in [0.2, 0.25) is 0 Å². The van der Waals surface area contributed by atoms with Crippen LogP contribution in [-0.4, -0.2) is 23.7 Å². The van der Waals surface area contributed by atoms with Crippen LogP contribution >= 0.6 is 11.6 Å². The number of hydrogen-bond acceptors (Lipinski definition) is 3. The molecular weight excluding hydrogens is 264 g/mol. The summed E-state index contributed by atoms with van der Waals surface area (Å²) in [6, 6.07) is 4.82. The largest absolute Gasteiger partial charge is 0.398 e. The molecular formula is C14H19ClN2O2. The molecule has 4 N–H and O–H groups in total. The van der Waals surface area contributed by atoms with Crippen molar-refractivity contribution in [2.75, 3.05) is 12.3 Å². The minimum Gasteiger partial charge on any atom is -0.398 e. The summed E-state index contributed by atoms with van der Waals surface area (Å²) in [7, 11) is 0. The van der Waals surface area contributed by atoms with Gasteiger partial charge in [-0.1, -0.05) is 24.4 Å². The third kappa shape index (κ3) is 3.61. The Labute approximate surface area is 117 Å². The Balaban J connectivity index is 1.91. The summed E-state index contributed by atoms with van der Waals surface area (Å²) < 4.78 is 0. The lowest BCUT2D eigenvalue weighted by Gasteiger charge is -2.27. The minimum absolute atomic E-state index is 0.155. The Kier molecular flexibility index (Phi) is 4.66. The van der Waals surface area contributed by atoms with Crippen LogP contribution in [0.1, 0.15) is 36.0 Å². The highest BCUT2D eigenvalue weighted by atomic mass is 35.5. The number of nitrogens with two attached hydrogens (primary N) is 1. The van der Waals surface area contributed by atoms with Gasteiger partial charge in [0.25, 0.3) is 5.91 Å². The third-order valence-corrected chi connectivity index (χ3v) is 3.98. The molecule has 1 fully saturated rings. The van der Waals surface area contributed by atoms with Crippen molar-refractivity contribution in [2.24, 2.45) is 5.92 Å². The highest BCUT2D eigenvalue weighted by molar-refractivity contribution is 6.33. The van der Waals surface area contributed by atoms with E-state index >= 15 is 0 Å². The molecule has 2 atom stereocenters. The van der Waals surface area contributed by atoms with E-state index in [0.29, 0.717) is 22.8 Å². The molecule has 2 rings (SSSR count). The van der Waals surface area contributed by atoms with Gasteiger partial charge in [-0.15, -0.1) is 0 Å². The van der Waals surface area contributed by atoms with Crippen LogP contribution in [0.4, 0.5) is 5.69 Å². The van der Waals surface area contributed by atoms with Crippen molar-refractivity contribution in [1.29, 1.82) is 0 Å². The molecule has 0 bridgehead atoms. The Morgan fingerprint density at radius 2 is 2.16 bits per heavy atom. The fraction of sp³-hybridized carbons (Fsp3) is 0.500. The maximum absolute atomic E-state index is 12.0. The zero-order valence-electron chi connectivity index (χ0n) is 10.7. The Hall–Kier alpha value is -1.26. The lowest BCUT2D eigenvalue weighted by Crippen LogP contribution is -2.36. The lowest BCUT2D eigenvalue weighted by atomic mass is 9.86. The molecule has 1 amide bonds. The first-order valence-electron chi connectivity index (χ1n) is 6.59. The number of halogens is 1. The first kappa shape index (κ1) is 14.2. The molecule has 0 aliphatic heterocycles. The zero-order chi connectivity index (χ0) is 13.8. The average Bonchev–Trinajstić information content (AvgIpc) is 2.40. The molecule has 1 aromatic rings. The van der Waals surface area contributed by atoms with Crippen LogP contribution in [-0.2, 0) is 0 Å². The Morgan fingerprint density at radius 1 is 1.42 bits per heavy atom. The predicted molar refractivity (Wildman–Crippen MR) is 76.2 cm³/mol. The van der Waals surface area contributed by atoms with Crippen molar-refractivity contribution in [3.63, 3.8) is 0 Å². The van der Waals surface area contributed by atoms with Crippen molar-refractivity contribution < 1.29 is 9.90 Å². The van der Waals surface area contributed by atoms with Crippen LogP contribution in [0.5, 0.6) is 0 Å². The second kappa shape index (κ2) is 6.26. The quantitative estimate of drug-likeness (QED) is 0.744. The number of aliphatic hydroxyl groups excluding tert-OH is 1. The summed E-state index contributed by atoms with van der Waals surface area (Å²) in [6.45, 7) is 0.502. The SMILES string of the molecule is Nc1ccc(C(=O)NCC2CCCCC2O)cc1Cl. The molecule has 2 unspecified atom stereocenters. The van der Waals surface area contributed by atoms with Gasteiger partial charge < -0.3 is 16.2 Å². The van der Waals surface area contributed by atoms with Crippen LogP contribution in [0.3, 0.4) is 0 Å². The van der Waals surface area contributed by atoms with Gasteiger partial charge in [-0.2, -0.15) is 0 Å². The minimum atomic E-state index is -0.302. The van der Waals surface area contributed by atoms with Crippen LogP contribution in [0, 0.1) is 5.92 Å². The van der Waals surface area contributed by atoms with Gasteiger partial charge >= 0.3 is 0 Å². The standard InChI is InChI=1S/C14H19ClN2O2/c15-11-7-9(5-6-12(11)16)14(19)17-8-10-3-1-2-4-13(10)18/h5-7,10,13,18H,1-4,8,16H2,(H,17,19). The average molecular weight is 283 g/mol. The van der Waals surface area contributed by atoms with E-state index in [4.69, 9.17) is 17.3 Å². The summed E-state index contributed by atoms with van der Waals surface area (Å²) in [4.78, 5) is 12.0. The molecule has 5 heteroatoms. The van der Waals surface area contributed by atoms with E-state index in [2.05, 4.69) is 5.32 Å². The number of carbonyl (C=O) groups is 1. The van der Waals surface area contributed by atoms with E-state index in [1.165, 1.54) is 0 Å². The second-order valence-electron chi connectivity index (χ2n) is 5.06. The predicted octanol–water partition coefficient (Wildman–Crippen LogP) is 2.20. The molecule has 0 heterocycles. The smallest absolute Gasteiger partial charge is 0.251 e. The number of amides is 1. The molecule has 1 aromatic carbocycles. The van der Waals surface area contributed by atoms with Crippen LogP contribution in [0.25, 0.3) is 0 Å². The molecule has 19 heavy (non-hydrogen) atoms. The van der Waals surface area contributed by atoms with Crippen molar-refractivity contribution in [2.45, 2.75) is 31.8 Å². The summed E-state index contributed by atoms with van der Waals surface area (Å²) >= 11 is 5.88. The van der Waals surface area contributed by atoms with E-state index in [9.17, 15) is 9.90 Å². The second-order valence-corrected chi connectivity index (χ2v) is 5.47. The number of nitrogen functional groups attached to an aromatic ring is 1. The van der Waals surface area contributed by atoms with E-state index in [1.54, 1.807) is 18.2 Å². The fourth-order valence-corrected chi connectivity index (χ4v) is 2.60. The number of hydrogen-bond donors (Lipinski definition) is 3. The molecule has 1 saturated carbocycles. The van der Waals surface area contributed by atoms with Crippen molar-refractivity contribution in [1.82, 2.24) is 5.32 Å². The number of anilines is 1. The van der Waals surface area contributed by atoms with Crippen molar-refractivity contribution in [3.8, 4) is 0 Å². The maximum Gasteiger partial charge on any atom is 0.251 e. The maximum atomic E-state index is 12.0. The van der Waals surface area contributed by atoms with Crippen LogP contribution in [0.15, 0.2) is 18.2 Å². The lowest BCUT2D eigenvalue weighted by molar-refractivity contribution is 0.0663. The highest BCUT2D eigenvalue weighted by Crippen LogP contribution is 2.24. The Morgan fingerprint density at radius 3 is 2.84 bits per heavy atom. The van der Waals surface area contributed by atoms with Gasteiger partial charge in [0.15, 0.2) is 0 Å². The summed E-state index contributed by atoms with van der Waals surface area (Å²) in [5.41, 5.74) is 6.55. The number of benzene rings is 1. The summed E-state index contributed by atoms with van der Waals surface area (Å²) in [6.07, 6.45) is 3.67. The van der Waals surface area contributed by atoms with Crippen molar-refractivity contribution >= 4 is 23.2 Å². The normalized spacial score (nSPS) is 23.1. The topological polar surface area (TPSA) is 75.4 Å². The molecule has 4 nitrogen and oxygen atoms in total. The molecule has 1 aliphatic carbocycles. The number of nitrogens with one attached hydrogen (secondary N) is 1. The molecule has 104 valence electrons. The summed E-state index contributed by atoms with van der Waals surface area (Å²) in [5, 5.41) is 13.1. The monoisotopic (exact) mass is 282 g/mol. The van der Waals surface area contributed by atoms with Crippen molar-refractivity contribution in [3.05, 3.63) is 28.8 Å².